The first-order chi connectivity index (χ1) is 12.6. The lowest BCUT2D eigenvalue weighted by molar-refractivity contribution is -0.121. The largest absolute Gasteiger partial charge is 0.359 e. The summed E-state index contributed by atoms with van der Waals surface area (Å²) in [4.78, 5) is 12.4. The van der Waals surface area contributed by atoms with Gasteiger partial charge in [-0.15, -0.1) is 0 Å². The Kier molecular flexibility index (Phi) is 6.05. The second-order valence-electron chi connectivity index (χ2n) is 6.02. The van der Waals surface area contributed by atoms with Crippen molar-refractivity contribution >= 4 is 23.2 Å². The van der Waals surface area contributed by atoms with Gasteiger partial charge in [-0.1, -0.05) is 78.3 Å². The van der Waals surface area contributed by atoms with Crippen LogP contribution in [-0.4, -0.2) is 12.5 Å². The van der Waals surface area contributed by atoms with Gasteiger partial charge >= 0.3 is 0 Å². The van der Waals surface area contributed by atoms with E-state index in [9.17, 15) is 4.79 Å². The SMILES string of the molecule is Cc1ccc(Cl)cc1NC(=O)COC(c1ccccc1)c1ccccc1. The Morgan fingerprint density at radius 2 is 1.54 bits per heavy atom. The van der Waals surface area contributed by atoms with Crippen LogP contribution in [0, 0.1) is 6.92 Å². The zero-order chi connectivity index (χ0) is 18.4. The van der Waals surface area contributed by atoms with E-state index in [1.165, 1.54) is 0 Å². The van der Waals surface area contributed by atoms with E-state index < -0.39 is 0 Å². The van der Waals surface area contributed by atoms with Gasteiger partial charge < -0.3 is 10.1 Å². The molecule has 0 unspecified atom stereocenters. The highest BCUT2D eigenvalue weighted by atomic mass is 35.5. The predicted octanol–water partition coefficient (Wildman–Crippen LogP) is 5.39. The summed E-state index contributed by atoms with van der Waals surface area (Å²) >= 11 is 6.01. The third kappa shape index (κ3) is 4.72. The van der Waals surface area contributed by atoms with Crippen LogP contribution < -0.4 is 5.32 Å². The molecule has 0 saturated heterocycles. The van der Waals surface area contributed by atoms with Crippen LogP contribution in [0.25, 0.3) is 0 Å². The van der Waals surface area contributed by atoms with Gasteiger partial charge in [0.2, 0.25) is 5.91 Å². The van der Waals surface area contributed by atoms with Crippen molar-refractivity contribution in [2.24, 2.45) is 0 Å². The van der Waals surface area contributed by atoms with Crippen LogP contribution in [0.1, 0.15) is 22.8 Å². The number of carbonyl (C=O) groups is 1. The molecular weight excluding hydrogens is 346 g/mol. The van der Waals surface area contributed by atoms with Crippen LogP contribution in [0.5, 0.6) is 0 Å². The molecule has 1 amide bonds. The van der Waals surface area contributed by atoms with Crippen LogP contribution in [-0.2, 0) is 9.53 Å². The van der Waals surface area contributed by atoms with Crippen molar-refractivity contribution in [2.75, 3.05) is 11.9 Å². The summed E-state index contributed by atoms with van der Waals surface area (Å²) in [7, 11) is 0. The molecule has 132 valence electrons. The Labute approximate surface area is 158 Å². The lowest BCUT2D eigenvalue weighted by Gasteiger charge is -2.19. The van der Waals surface area contributed by atoms with Crippen molar-refractivity contribution in [2.45, 2.75) is 13.0 Å². The molecule has 0 aliphatic heterocycles. The van der Waals surface area contributed by atoms with E-state index in [0.717, 1.165) is 16.7 Å². The van der Waals surface area contributed by atoms with Crippen molar-refractivity contribution in [1.82, 2.24) is 0 Å². The van der Waals surface area contributed by atoms with Gasteiger partial charge in [-0.25, -0.2) is 0 Å². The molecule has 3 rings (SSSR count). The van der Waals surface area contributed by atoms with Gasteiger partial charge in [-0.05, 0) is 35.7 Å². The number of ether oxygens (including phenoxy) is 1. The predicted molar refractivity (Wildman–Crippen MR) is 105 cm³/mol. The monoisotopic (exact) mass is 365 g/mol. The van der Waals surface area contributed by atoms with Crippen LogP contribution in [0.3, 0.4) is 0 Å². The number of nitrogens with one attached hydrogen (secondary N) is 1. The Morgan fingerprint density at radius 3 is 2.12 bits per heavy atom. The molecule has 0 heterocycles. The minimum atomic E-state index is -0.302. The lowest BCUT2D eigenvalue weighted by atomic mass is 10.0. The van der Waals surface area contributed by atoms with E-state index in [1.54, 1.807) is 12.1 Å². The number of hydrogen-bond donors (Lipinski definition) is 1. The van der Waals surface area contributed by atoms with Crippen molar-refractivity contribution in [3.63, 3.8) is 0 Å². The highest BCUT2D eigenvalue weighted by molar-refractivity contribution is 6.31. The topological polar surface area (TPSA) is 38.3 Å². The molecule has 0 aromatic heterocycles. The number of rotatable bonds is 6. The number of aryl methyl sites for hydroxylation is 1. The van der Waals surface area contributed by atoms with Crippen LogP contribution in [0.2, 0.25) is 5.02 Å². The zero-order valence-corrected chi connectivity index (χ0v) is 15.2. The Morgan fingerprint density at radius 1 is 0.962 bits per heavy atom. The number of amides is 1. The van der Waals surface area contributed by atoms with Gasteiger partial charge in [-0.2, -0.15) is 0 Å². The number of hydrogen-bond acceptors (Lipinski definition) is 2. The number of carbonyl (C=O) groups excluding carboxylic acids is 1. The molecule has 3 aromatic rings. The summed E-state index contributed by atoms with van der Waals surface area (Å²) in [6, 6.07) is 25.2. The Hall–Kier alpha value is -2.62. The average Bonchev–Trinajstić information content (AvgIpc) is 2.67. The molecule has 1 N–H and O–H groups in total. The molecule has 0 radical (unpaired) electrons. The van der Waals surface area contributed by atoms with Gasteiger partial charge in [0.05, 0.1) is 0 Å². The average molecular weight is 366 g/mol. The molecule has 0 aliphatic rings. The molecule has 4 heteroatoms. The lowest BCUT2D eigenvalue weighted by Crippen LogP contribution is -2.21. The first kappa shape index (κ1) is 18.2. The minimum Gasteiger partial charge on any atom is -0.359 e. The van der Waals surface area contributed by atoms with Crippen LogP contribution >= 0.6 is 11.6 Å². The van der Waals surface area contributed by atoms with Crippen LogP contribution in [0.15, 0.2) is 78.9 Å². The quantitative estimate of drug-likeness (QED) is 0.635. The van der Waals surface area contributed by atoms with Gasteiger partial charge in [0, 0.05) is 10.7 Å². The van der Waals surface area contributed by atoms with Gasteiger partial charge in [0.1, 0.15) is 12.7 Å². The van der Waals surface area contributed by atoms with Gasteiger partial charge in [0.25, 0.3) is 0 Å². The smallest absolute Gasteiger partial charge is 0.250 e. The van der Waals surface area contributed by atoms with E-state index in [2.05, 4.69) is 5.32 Å². The maximum absolute atomic E-state index is 12.4. The van der Waals surface area contributed by atoms with E-state index in [0.29, 0.717) is 10.7 Å². The summed E-state index contributed by atoms with van der Waals surface area (Å²) in [6.45, 7) is 1.87. The molecule has 0 bridgehead atoms. The molecule has 0 atom stereocenters. The van der Waals surface area contributed by atoms with E-state index in [1.807, 2.05) is 73.7 Å². The molecule has 0 spiro atoms. The van der Waals surface area contributed by atoms with Crippen molar-refractivity contribution in [3.8, 4) is 0 Å². The second kappa shape index (κ2) is 8.65. The van der Waals surface area contributed by atoms with E-state index >= 15 is 0 Å². The summed E-state index contributed by atoms with van der Waals surface area (Å²) in [6.07, 6.45) is -0.302. The first-order valence-electron chi connectivity index (χ1n) is 8.41. The zero-order valence-electron chi connectivity index (χ0n) is 14.5. The van der Waals surface area contributed by atoms with Crippen LogP contribution in [0.4, 0.5) is 5.69 Å². The number of benzene rings is 3. The molecule has 0 saturated carbocycles. The fraction of sp³-hybridized carbons (Fsp3) is 0.136. The van der Waals surface area contributed by atoms with E-state index in [4.69, 9.17) is 16.3 Å². The molecule has 3 aromatic carbocycles. The van der Waals surface area contributed by atoms with Gasteiger partial charge in [0.15, 0.2) is 0 Å². The summed E-state index contributed by atoms with van der Waals surface area (Å²) < 4.78 is 5.97. The fourth-order valence-electron chi connectivity index (χ4n) is 2.71. The maximum Gasteiger partial charge on any atom is 0.250 e. The van der Waals surface area contributed by atoms with E-state index in [-0.39, 0.29) is 18.6 Å². The molecule has 0 fully saturated rings. The third-order valence-corrected chi connectivity index (χ3v) is 4.29. The molecule has 26 heavy (non-hydrogen) atoms. The van der Waals surface area contributed by atoms with Crippen molar-refractivity contribution in [1.29, 1.82) is 0 Å². The normalized spacial score (nSPS) is 10.7. The Bertz CT molecular complexity index is 826. The number of halogens is 1. The fourth-order valence-corrected chi connectivity index (χ4v) is 2.89. The van der Waals surface area contributed by atoms with Gasteiger partial charge in [-0.3, -0.25) is 4.79 Å². The van der Waals surface area contributed by atoms with Crippen molar-refractivity contribution < 1.29 is 9.53 Å². The molecular formula is C22H20ClNO2. The standard InChI is InChI=1S/C22H20ClNO2/c1-16-12-13-19(23)14-20(16)24-21(25)15-26-22(17-8-4-2-5-9-17)18-10-6-3-7-11-18/h2-14,22H,15H2,1H3,(H,24,25). The van der Waals surface area contributed by atoms with Crippen molar-refractivity contribution in [3.05, 3.63) is 101 Å². The maximum atomic E-state index is 12.4. The highest BCUT2D eigenvalue weighted by Gasteiger charge is 2.16. The highest BCUT2D eigenvalue weighted by Crippen LogP contribution is 2.26. The summed E-state index contributed by atoms with van der Waals surface area (Å²) in [5.41, 5.74) is 3.66. The summed E-state index contributed by atoms with van der Waals surface area (Å²) in [5, 5.41) is 3.44. The Balaban J connectivity index is 1.72. The number of anilines is 1. The summed E-state index contributed by atoms with van der Waals surface area (Å²) in [5.74, 6) is -0.216. The molecule has 3 nitrogen and oxygen atoms in total. The first-order valence-corrected chi connectivity index (χ1v) is 8.79. The minimum absolute atomic E-state index is 0.0552. The second-order valence-corrected chi connectivity index (χ2v) is 6.46. The third-order valence-electron chi connectivity index (χ3n) is 4.06. The molecule has 0 aliphatic carbocycles.